The summed E-state index contributed by atoms with van der Waals surface area (Å²) in [5.41, 5.74) is 3.31. The lowest BCUT2D eigenvalue weighted by atomic mass is 10.1. The summed E-state index contributed by atoms with van der Waals surface area (Å²) in [7, 11) is -3.39. The second-order valence-electron chi connectivity index (χ2n) is 6.89. The van der Waals surface area contributed by atoms with Gasteiger partial charge in [-0.3, -0.25) is 4.79 Å². The van der Waals surface area contributed by atoms with E-state index in [1.807, 2.05) is 26.0 Å². The molecular formula is C19H25ClN4O4S. The number of hydrogen-bond acceptors (Lipinski definition) is 5. The van der Waals surface area contributed by atoms with Gasteiger partial charge in [-0.25, -0.2) is 13.1 Å². The summed E-state index contributed by atoms with van der Waals surface area (Å²) in [6.07, 6.45) is 0.142. The van der Waals surface area contributed by atoms with E-state index in [1.165, 1.54) is 4.31 Å². The normalized spacial score (nSPS) is 15.4. The highest BCUT2D eigenvalue weighted by atomic mass is 35.5. The SMILES string of the molecule is Cc1nn(-c2ccc(Cl)cc2)c(C)c1CC(=O)NCCS(=O)(=O)N1CCOCC1. The van der Waals surface area contributed by atoms with Crippen LogP contribution >= 0.6 is 11.6 Å². The van der Waals surface area contributed by atoms with Gasteiger partial charge in [0.05, 0.1) is 36.8 Å². The van der Waals surface area contributed by atoms with Crippen LogP contribution in [0.4, 0.5) is 0 Å². The Morgan fingerprint density at radius 3 is 2.52 bits per heavy atom. The standard InChI is InChI=1S/C19H25ClN4O4S/c1-14-18(15(2)24(22-14)17-5-3-16(20)4-6-17)13-19(25)21-7-12-29(26,27)23-8-10-28-11-9-23/h3-6H,7-13H2,1-2H3,(H,21,25). The number of benzene rings is 1. The van der Waals surface area contributed by atoms with Crippen molar-refractivity contribution in [2.45, 2.75) is 20.3 Å². The van der Waals surface area contributed by atoms with Gasteiger partial charge in [0.1, 0.15) is 0 Å². The van der Waals surface area contributed by atoms with Gasteiger partial charge in [-0.15, -0.1) is 0 Å². The van der Waals surface area contributed by atoms with Crippen molar-refractivity contribution in [1.29, 1.82) is 0 Å². The largest absolute Gasteiger partial charge is 0.379 e. The van der Waals surface area contributed by atoms with E-state index in [1.54, 1.807) is 16.8 Å². The molecule has 1 amide bonds. The Kier molecular flexibility index (Phi) is 6.94. The lowest BCUT2D eigenvalue weighted by Crippen LogP contribution is -2.43. The van der Waals surface area contributed by atoms with Crippen molar-refractivity contribution in [2.75, 3.05) is 38.6 Å². The summed E-state index contributed by atoms with van der Waals surface area (Å²) in [5, 5.41) is 7.87. The highest BCUT2D eigenvalue weighted by Gasteiger charge is 2.24. The van der Waals surface area contributed by atoms with E-state index < -0.39 is 10.0 Å². The van der Waals surface area contributed by atoms with Gasteiger partial charge < -0.3 is 10.1 Å². The van der Waals surface area contributed by atoms with Crippen molar-refractivity contribution in [3.8, 4) is 5.69 Å². The first-order valence-electron chi connectivity index (χ1n) is 9.41. The molecule has 3 rings (SSSR count). The molecule has 1 aromatic carbocycles. The number of ether oxygens (including phenoxy) is 1. The molecule has 0 bridgehead atoms. The van der Waals surface area contributed by atoms with Gasteiger partial charge in [-0.2, -0.15) is 9.40 Å². The molecule has 158 valence electrons. The molecule has 29 heavy (non-hydrogen) atoms. The van der Waals surface area contributed by atoms with Crippen LogP contribution in [0.2, 0.25) is 5.02 Å². The van der Waals surface area contributed by atoms with Gasteiger partial charge in [0.15, 0.2) is 0 Å². The summed E-state index contributed by atoms with van der Waals surface area (Å²) in [5.74, 6) is -0.357. The first-order chi connectivity index (χ1) is 13.8. The van der Waals surface area contributed by atoms with Crippen molar-refractivity contribution in [1.82, 2.24) is 19.4 Å². The number of morpholine rings is 1. The Labute approximate surface area is 175 Å². The van der Waals surface area contributed by atoms with Crippen molar-refractivity contribution >= 4 is 27.5 Å². The second kappa shape index (κ2) is 9.25. The number of hydrogen-bond donors (Lipinski definition) is 1. The Balaban J connectivity index is 1.59. The van der Waals surface area contributed by atoms with Crippen molar-refractivity contribution < 1.29 is 17.9 Å². The molecule has 1 N–H and O–H groups in total. The number of rotatable bonds is 7. The first-order valence-corrected chi connectivity index (χ1v) is 11.4. The smallest absolute Gasteiger partial charge is 0.224 e. The number of aryl methyl sites for hydroxylation is 1. The third-order valence-corrected chi connectivity index (χ3v) is 7.02. The quantitative estimate of drug-likeness (QED) is 0.703. The van der Waals surface area contributed by atoms with Gasteiger partial charge in [-0.1, -0.05) is 11.6 Å². The third kappa shape index (κ3) is 5.36. The molecule has 2 aromatic rings. The van der Waals surface area contributed by atoms with Crippen LogP contribution in [0.25, 0.3) is 5.69 Å². The Hall–Kier alpha value is -1.94. The molecule has 0 atom stereocenters. The zero-order chi connectivity index (χ0) is 21.0. The van der Waals surface area contributed by atoms with Crippen LogP contribution in [0.3, 0.4) is 0 Å². The van der Waals surface area contributed by atoms with E-state index in [2.05, 4.69) is 10.4 Å². The van der Waals surface area contributed by atoms with Crippen LogP contribution in [0, 0.1) is 13.8 Å². The molecule has 1 saturated heterocycles. The molecule has 1 aliphatic rings. The minimum Gasteiger partial charge on any atom is -0.379 e. The number of sulfonamides is 1. The molecule has 1 fully saturated rings. The number of aromatic nitrogens is 2. The van der Waals surface area contributed by atoms with Gasteiger partial charge >= 0.3 is 0 Å². The van der Waals surface area contributed by atoms with E-state index in [0.29, 0.717) is 31.3 Å². The fourth-order valence-electron chi connectivity index (χ4n) is 3.26. The average molecular weight is 441 g/mol. The number of amides is 1. The maximum absolute atomic E-state index is 12.4. The molecule has 0 saturated carbocycles. The Morgan fingerprint density at radius 2 is 1.86 bits per heavy atom. The third-order valence-electron chi connectivity index (χ3n) is 4.90. The monoisotopic (exact) mass is 440 g/mol. The highest BCUT2D eigenvalue weighted by Crippen LogP contribution is 2.20. The maximum Gasteiger partial charge on any atom is 0.224 e. The first kappa shape index (κ1) is 21.8. The number of nitrogens with one attached hydrogen (secondary N) is 1. The predicted octanol–water partition coefficient (Wildman–Crippen LogP) is 1.46. The van der Waals surface area contributed by atoms with Crippen LogP contribution in [-0.4, -0.2) is 67.0 Å². The van der Waals surface area contributed by atoms with Crippen molar-refractivity contribution in [3.05, 3.63) is 46.2 Å². The molecular weight excluding hydrogens is 416 g/mol. The summed E-state index contributed by atoms with van der Waals surface area (Å²) in [6.45, 7) is 5.35. The minimum absolute atomic E-state index is 0.0714. The maximum atomic E-state index is 12.4. The topological polar surface area (TPSA) is 93.5 Å². The van der Waals surface area contributed by atoms with E-state index in [9.17, 15) is 13.2 Å². The molecule has 0 spiro atoms. The minimum atomic E-state index is -3.39. The summed E-state index contributed by atoms with van der Waals surface area (Å²) in [4.78, 5) is 12.4. The molecule has 0 aliphatic carbocycles. The highest BCUT2D eigenvalue weighted by molar-refractivity contribution is 7.89. The average Bonchev–Trinajstić information content (AvgIpc) is 2.97. The predicted molar refractivity (Wildman–Crippen MR) is 111 cm³/mol. The number of carbonyl (C=O) groups is 1. The van der Waals surface area contributed by atoms with E-state index in [4.69, 9.17) is 16.3 Å². The van der Waals surface area contributed by atoms with Crippen molar-refractivity contribution in [3.63, 3.8) is 0 Å². The Morgan fingerprint density at radius 1 is 1.21 bits per heavy atom. The fourth-order valence-corrected chi connectivity index (χ4v) is 4.71. The summed E-state index contributed by atoms with van der Waals surface area (Å²) in [6, 6.07) is 7.30. The lowest BCUT2D eigenvalue weighted by Gasteiger charge is -2.26. The zero-order valence-corrected chi connectivity index (χ0v) is 18.1. The molecule has 1 aromatic heterocycles. The van der Waals surface area contributed by atoms with Crippen LogP contribution in [-0.2, 0) is 26.0 Å². The van der Waals surface area contributed by atoms with E-state index >= 15 is 0 Å². The molecule has 0 unspecified atom stereocenters. The van der Waals surface area contributed by atoms with Crippen LogP contribution < -0.4 is 5.32 Å². The molecule has 1 aliphatic heterocycles. The molecule has 8 nitrogen and oxygen atoms in total. The van der Waals surface area contributed by atoms with Crippen LogP contribution in [0.1, 0.15) is 17.0 Å². The Bertz CT molecular complexity index is 967. The molecule has 2 heterocycles. The van der Waals surface area contributed by atoms with Crippen molar-refractivity contribution in [2.24, 2.45) is 0 Å². The van der Waals surface area contributed by atoms with E-state index in [-0.39, 0.29) is 24.6 Å². The lowest BCUT2D eigenvalue weighted by molar-refractivity contribution is -0.120. The van der Waals surface area contributed by atoms with Crippen LogP contribution in [0.15, 0.2) is 24.3 Å². The number of carbonyl (C=O) groups excluding carboxylic acids is 1. The van der Waals surface area contributed by atoms with Crippen LogP contribution in [0.5, 0.6) is 0 Å². The molecule has 0 radical (unpaired) electrons. The number of halogens is 1. The summed E-state index contributed by atoms with van der Waals surface area (Å²) >= 11 is 5.94. The van der Waals surface area contributed by atoms with Gasteiger partial charge in [0.25, 0.3) is 0 Å². The van der Waals surface area contributed by atoms with Gasteiger partial charge in [-0.05, 0) is 38.1 Å². The zero-order valence-electron chi connectivity index (χ0n) is 16.5. The molecule has 10 heteroatoms. The fraction of sp³-hybridized carbons (Fsp3) is 0.474. The van der Waals surface area contributed by atoms with Gasteiger partial charge in [0, 0.05) is 35.9 Å². The summed E-state index contributed by atoms with van der Waals surface area (Å²) < 4.78 is 33.0. The second-order valence-corrected chi connectivity index (χ2v) is 9.42. The van der Waals surface area contributed by atoms with Gasteiger partial charge in [0.2, 0.25) is 15.9 Å². The van der Waals surface area contributed by atoms with E-state index in [0.717, 1.165) is 22.6 Å². The number of nitrogens with zero attached hydrogens (tertiary/aromatic N) is 3.